The van der Waals surface area contributed by atoms with Crippen molar-refractivity contribution in [1.82, 2.24) is 0 Å². The number of ketones is 1. The largest absolute Gasteiger partial charge is 0.497 e. The average molecular weight is 626 g/mol. The molecule has 1 fully saturated rings. The lowest BCUT2D eigenvalue weighted by Crippen LogP contribution is -2.63. The van der Waals surface area contributed by atoms with Crippen molar-refractivity contribution >= 4 is 23.7 Å². The van der Waals surface area contributed by atoms with Crippen LogP contribution in [0.1, 0.15) is 42.6 Å². The highest BCUT2D eigenvalue weighted by Gasteiger charge is 2.52. The molecule has 2 aromatic rings. The molecule has 1 saturated heterocycles. The molecule has 0 radical (unpaired) electrons. The van der Waals surface area contributed by atoms with E-state index in [0.717, 1.165) is 0 Å². The van der Waals surface area contributed by atoms with Crippen LogP contribution in [0.4, 0.5) is 0 Å². The molecular weight excluding hydrogens is 590 g/mol. The maximum Gasteiger partial charge on any atom is 0.339 e. The van der Waals surface area contributed by atoms with Gasteiger partial charge in [0, 0.05) is 18.3 Å². The lowest BCUT2D eigenvalue weighted by Gasteiger charge is -2.44. The first kappa shape index (κ1) is 34.6. The maximum atomic E-state index is 13.6. The molecule has 0 aromatic heterocycles. The lowest BCUT2D eigenvalue weighted by atomic mass is 9.97. The minimum Gasteiger partial charge on any atom is -0.497 e. The van der Waals surface area contributed by atoms with E-state index in [4.69, 9.17) is 38.7 Å². The lowest BCUT2D eigenvalue weighted by molar-refractivity contribution is -0.287. The first-order valence-electron chi connectivity index (χ1n) is 14.0. The summed E-state index contributed by atoms with van der Waals surface area (Å²) in [4.78, 5) is 52.3. The van der Waals surface area contributed by atoms with E-state index in [9.17, 15) is 19.2 Å². The monoisotopic (exact) mass is 625 g/mol. The van der Waals surface area contributed by atoms with Crippen molar-refractivity contribution in [2.75, 3.05) is 20.3 Å². The molecule has 45 heavy (non-hydrogen) atoms. The number of benzene rings is 2. The average Bonchev–Trinajstić information content (AvgIpc) is 3.03. The van der Waals surface area contributed by atoms with E-state index < -0.39 is 55.2 Å². The van der Waals surface area contributed by atoms with Crippen molar-refractivity contribution in [3.63, 3.8) is 0 Å². The minimum absolute atomic E-state index is 0.00874. The Balaban J connectivity index is 2.01. The fourth-order valence-electron chi connectivity index (χ4n) is 4.40. The van der Waals surface area contributed by atoms with E-state index in [2.05, 4.69) is 16.6 Å². The Morgan fingerprint density at radius 3 is 2.33 bits per heavy atom. The zero-order valence-electron chi connectivity index (χ0n) is 25.2. The van der Waals surface area contributed by atoms with Crippen LogP contribution in [0.2, 0.25) is 0 Å². The van der Waals surface area contributed by atoms with Crippen molar-refractivity contribution in [3.05, 3.63) is 82.8 Å². The predicted octanol–water partition coefficient (Wildman–Crippen LogP) is 4.25. The van der Waals surface area contributed by atoms with Gasteiger partial charge in [-0.15, -0.1) is 6.58 Å². The van der Waals surface area contributed by atoms with Crippen LogP contribution in [0.5, 0.6) is 11.5 Å². The summed E-state index contributed by atoms with van der Waals surface area (Å²) in [6, 6.07) is 12.9. The minimum atomic E-state index is -1.37. The predicted molar refractivity (Wildman–Crippen MR) is 157 cm³/mol. The van der Waals surface area contributed by atoms with E-state index in [1.54, 1.807) is 42.5 Å². The van der Waals surface area contributed by atoms with Crippen molar-refractivity contribution in [3.8, 4) is 11.5 Å². The highest BCUT2D eigenvalue weighted by atomic mass is 16.7. The molecule has 3 rings (SSSR count). The second-order valence-corrected chi connectivity index (χ2v) is 9.80. The van der Waals surface area contributed by atoms with Crippen LogP contribution < -0.4 is 9.47 Å². The summed E-state index contributed by atoms with van der Waals surface area (Å²) in [5.41, 5.74) is 9.31. The van der Waals surface area contributed by atoms with Gasteiger partial charge in [0.25, 0.3) is 0 Å². The number of nitrogens with zero attached hydrogens (tertiary/aromatic N) is 3. The Kier molecular flexibility index (Phi) is 13.4. The van der Waals surface area contributed by atoms with Gasteiger partial charge >= 0.3 is 17.9 Å². The summed E-state index contributed by atoms with van der Waals surface area (Å²) < 4.78 is 40.4. The van der Waals surface area contributed by atoms with E-state index in [0.29, 0.717) is 17.1 Å². The summed E-state index contributed by atoms with van der Waals surface area (Å²) in [5.74, 6) is -1.52. The van der Waals surface area contributed by atoms with Crippen LogP contribution in [0.25, 0.3) is 10.4 Å². The Labute approximate surface area is 259 Å². The smallest absolute Gasteiger partial charge is 0.339 e. The third-order valence-corrected chi connectivity index (χ3v) is 6.49. The number of carbonyl (C=O) groups excluding carboxylic acids is 4. The Morgan fingerprint density at radius 2 is 1.69 bits per heavy atom. The normalized spacial score (nSPS) is 20.6. The van der Waals surface area contributed by atoms with Gasteiger partial charge in [-0.3, -0.25) is 9.59 Å². The highest BCUT2D eigenvalue weighted by Crippen LogP contribution is 2.32. The number of hydrogen-bond donors (Lipinski definition) is 0. The third-order valence-electron chi connectivity index (χ3n) is 6.49. The fraction of sp³-hybridized carbons (Fsp3) is 0.419. The van der Waals surface area contributed by atoms with Crippen LogP contribution in [0.3, 0.4) is 0 Å². The van der Waals surface area contributed by atoms with E-state index in [1.165, 1.54) is 33.1 Å². The van der Waals surface area contributed by atoms with Crippen molar-refractivity contribution in [1.29, 1.82) is 0 Å². The van der Waals surface area contributed by atoms with Gasteiger partial charge in [-0.05, 0) is 48.4 Å². The summed E-state index contributed by atoms with van der Waals surface area (Å²) in [6.45, 7) is 5.63. The van der Waals surface area contributed by atoms with Gasteiger partial charge in [0.05, 0.1) is 32.2 Å². The van der Waals surface area contributed by atoms with E-state index in [1.807, 2.05) is 0 Å². The number of methoxy groups -OCH3 is 1. The van der Waals surface area contributed by atoms with Crippen LogP contribution >= 0.6 is 0 Å². The van der Waals surface area contributed by atoms with Crippen molar-refractivity contribution in [2.24, 2.45) is 5.11 Å². The number of hydrogen-bond acceptors (Lipinski definition) is 12. The van der Waals surface area contributed by atoms with Crippen LogP contribution in [-0.2, 0) is 44.6 Å². The zero-order chi connectivity index (χ0) is 32.8. The van der Waals surface area contributed by atoms with Gasteiger partial charge in [0.1, 0.15) is 36.1 Å². The fourth-order valence-corrected chi connectivity index (χ4v) is 4.40. The van der Waals surface area contributed by atoms with Gasteiger partial charge in [-0.25, -0.2) is 4.79 Å². The molecule has 1 aliphatic heterocycles. The quantitative estimate of drug-likeness (QED) is 0.0649. The number of Topliss-reactive ketones (excluding diaryl/α,β-unsaturated/α-hetero) is 1. The summed E-state index contributed by atoms with van der Waals surface area (Å²) >= 11 is 0. The first-order chi connectivity index (χ1) is 21.7. The number of ether oxygens (including phenoxy) is 7. The van der Waals surface area contributed by atoms with E-state index in [-0.39, 0.29) is 37.3 Å². The molecule has 5 atom stereocenters. The number of rotatable bonds is 16. The van der Waals surface area contributed by atoms with Crippen LogP contribution in [0, 0.1) is 0 Å². The first-order valence-corrected chi connectivity index (χ1v) is 14.0. The highest BCUT2D eigenvalue weighted by molar-refractivity contribution is 5.91. The zero-order valence-corrected chi connectivity index (χ0v) is 25.2. The maximum absolute atomic E-state index is 13.6. The van der Waals surface area contributed by atoms with Gasteiger partial charge in [0.2, 0.25) is 6.29 Å². The van der Waals surface area contributed by atoms with Crippen LogP contribution in [-0.4, -0.2) is 74.7 Å². The molecule has 0 aliphatic carbocycles. The molecule has 0 spiro atoms. The van der Waals surface area contributed by atoms with Gasteiger partial charge in [-0.1, -0.05) is 29.4 Å². The molecule has 14 heteroatoms. The van der Waals surface area contributed by atoms with Crippen molar-refractivity contribution < 1.29 is 52.3 Å². The molecule has 0 unspecified atom stereocenters. The topological polar surface area (TPSA) is 182 Å². The second kappa shape index (κ2) is 17.4. The molecule has 0 N–H and O–H groups in total. The molecule has 240 valence electrons. The molecule has 0 saturated carbocycles. The third kappa shape index (κ3) is 10.3. The Hall–Kier alpha value is -4.91. The summed E-state index contributed by atoms with van der Waals surface area (Å²) in [5, 5.41) is 3.54. The summed E-state index contributed by atoms with van der Waals surface area (Å²) in [6.07, 6.45) is -5.00. The molecule has 1 aliphatic rings. The number of carbonyl (C=O) groups is 4. The second-order valence-electron chi connectivity index (χ2n) is 9.80. The van der Waals surface area contributed by atoms with Gasteiger partial charge < -0.3 is 38.0 Å². The Morgan fingerprint density at radius 1 is 0.978 bits per heavy atom. The molecule has 14 nitrogen and oxygen atoms in total. The Bertz CT molecular complexity index is 1390. The molecule has 2 aromatic carbocycles. The van der Waals surface area contributed by atoms with Gasteiger partial charge in [0.15, 0.2) is 12.2 Å². The number of azide groups is 1. The van der Waals surface area contributed by atoms with Gasteiger partial charge in [-0.2, -0.15) is 0 Å². The molecular formula is C31H35N3O11. The van der Waals surface area contributed by atoms with Crippen LogP contribution in [0.15, 0.2) is 66.3 Å². The molecule has 0 bridgehead atoms. The number of esters is 3. The summed E-state index contributed by atoms with van der Waals surface area (Å²) in [7, 11) is 1.51. The SMILES string of the molecule is C=CCO[C@@H]1[C@@H](OC(=O)c2ccccc2CN=[N+]=[N-])[C@H](Oc2ccc(OC)cc2)O[C@H](COC(=O)CCC(C)=O)[C@H]1OC(C)=O. The standard InChI is InChI=1S/C31H35N3O11/c1-5-16-40-28-27(42-20(3)36)25(18-41-26(37)15-10-19(2)35)44-31(43-23-13-11-22(39-4)12-14-23)29(28)45-30(38)24-9-7-6-8-21(24)17-33-34-32/h5-9,11-14,25,27-29,31H,1,10,15-18H2,2-4H3/t25-,27-,28+,29-,31-/m1/s1. The molecule has 1 heterocycles. The van der Waals surface area contributed by atoms with Crippen molar-refractivity contribution in [2.45, 2.75) is 63.9 Å². The molecule has 0 amide bonds. The van der Waals surface area contributed by atoms with E-state index >= 15 is 0 Å².